The van der Waals surface area contributed by atoms with Gasteiger partial charge in [0.2, 0.25) is 5.90 Å². The smallest absolute Gasteiger partial charge is 0.252 e. The molecular formula is C36H37N5O4. The predicted octanol–water partition coefficient (Wildman–Crippen LogP) is 6.51. The first kappa shape index (κ1) is 31.3. The number of aliphatic hydroxyl groups excluding tert-OH is 1. The molecular weight excluding hydrogens is 566 g/mol. The van der Waals surface area contributed by atoms with Gasteiger partial charge in [-0.1, -0.05) is 90.0 Å². The second-order valence-electron chi connectivity index (χ2n) is 10.9. The Kier molecular flexibility index (Phi) is 10.8. The molecule has 4 aromatic rings. The van der Waals surface area contributed by atoms with Crippen molar-refractivity contribution in [2.75, 3.05) is 19.8 Å². The van der Waals surface area contributed by atoms with Crippen LogP contribution in [0.25, 0.3) is 10.4 Å². The maximum atomic E-state index is 14.4. The summed E-state index contributed by atoms with van der Waals surface area (Å²) in [5.41, 5.74) is 12.1. The number of azide groups is 1. The van der Waals surface area contributed by atoms with Crippen LogP contribution in [0.4, 0.5) is 0 Å². The van der Waals surface area contributed by atoms with E-state index < -0.39 is 11.6 Å². The van der Waals surface area contributed by atoms with E-state index >= 15 is 0 Å². The number of ether oxygens (including phenoxy) is 2. The molecule has 0 bridgehead atoms. The maximum absolute atomic E-state index is 14.4. The lowest BCUT2D eigenvalue weighted by Crippen LogP contribution is -2.50. The van der Waals surface area contributed by atoms with Crippen LogP contribution in [0.2, 0.25) is 0 Å². The monoisotopic (exact) mass is 603 g/mol. The van der Waals surface area contributed by atoms with E-state index in [0.717, 1.165) is 29.5 Å². The number of hydrogen-bond acceptors (Lipinski definition) is 6. The molecule has 0 saturated carbocycles. The number of aryl methyl sites for hydroxylation is 1. The predicted molar refractivity (Wildman–Crippen MR) is 174 cm³/mol. The number of hydrogen-bond donors (Lipinski definition) is 2. The molecule has 2 atom stereocenters. The normalized spacial score (nSPS) is 17.1. The molecule has 0 aromatic heterocycles. The Morgan fingerprint density at radius 1 is 0.933 bits per heavy atom. The molecule has 0 radical (unpaired) electrons. The summed E-state index contributed by atoms with van der Waals surface area (Å²) in [7, 11) is 0. The molecule has 1 aliphatic rings. The second-order valence-corrected chi connectivity index (χ2v) is 10.9. The van der Waals surface area contributed by atoms with Gasteiger partial charge >= 0.3 is 0 Å². The molecule has 45 heavy (non-hydrogen) atoms. The summed E-state index contributed by atoms with van der Waals surface area (Å²) < 4.78 is 12.4. The Bertz CT molecular complexity index is 1620. The fourth-order valence-electron chi connectivity index (χ4n) is 5.50. The van der Waals surface area contributed by atoms with E-state index in [1.165, 1.54) is 5.56 Å². The number of nitrogens with zero attached hydrogens (tertiary/aromatic N) is 4. The molecule has 4 aromatic carbocycles. The lowest BCUT2D eigenvalue weighted by atomic mass is 9.80. The van der Waals surface area contributed by atoms with Crippen molar-refractivity contribution >= 4 is 11.8 Å². The molecule has 2 N–H and O–H groups in total. The van der Waals surface area contributed by atoms with E-state index in [2.05, 4.69) is 27.5 Å². The first-order chi connectivity index (χ1) is 22.1. The van der Waals surface area contributed by atoms with Crippen molar-refractivity contribution in [2.45, 2.75) is 43.9 Å². The van der Waals surface area contributed by atoms with Gasteiger partial charge in [0.15, 0.2) is 11.6 Å². The van der Waals surface area contributed by atoms with E-state index in [1.807, 2.05) is 97.1 Å². The number of rotatable bonds is 15. The Hall–Kier alpha value is -5.11. The molecule has 1 aliphatic heterocycles. The molecule has 5 rings (SSSR count). The van der Waals surface area contributed by atoms with Crippen molar-refractivity contribution in [2.24, 2.45) is 10.1 Å². The highest BCUT2D eigenvalue weighted by Crippen LogP contribution is 2.43. The minimum Gasteiger partial charge on any atom is -0.494 e. The summed E-state index contributed by atoms with van der Waals surface area (Å²) in [5, 5.41) is 16.1. The van der Waals surface area contributed by atoms with Crippen LogP contribution in [0.3, 0.4) is 0 Å². The third-order valence-corrected chi connectivity index (χ3v) is 7.76. The summed E-state index contributed by atoms with van der Waals surface area (Å²) in [6, 6.07) is 34.9. The largest absolute Gasteiger partial charge is 0.494 e. The number of amides is 1. The van der Waals surface area contributed by atoms with Crippen molar-refractivity contribution in [3.8, 4) is 5.75 Å². The lowest BCUT2D eigenvalue weighted by molar-refractivity contribution is -0.128. The van der Waals surface area contributed by atoms with Gasteiger partial charge in [0.05, 0.1) is 13.2 Å². The minimum absolute atomic E-state index is 0.0586. The summed E-state index contributed by atoms with van der Waals surface area (Å²) in [5.74, 6) is 0.770. The molecule has 0 fully saturated rings. The minimum atomic E-state index is -1.34. The van der Waals surface area contributed by atoms with E-state index in [1.54, 1.807) is 0 Å². The number of benzene rings is 4. The molecule has 9 heteroatoms. The third-order valence-electron chi connectivity index (χ3n) is 7.76. The average molecular weight is 604 g/mol. The molecule has 230 valence electrons. The van der Waals surface area contributed by atoms with Gasteiger partial charge < -0.3 is 19.9 Å². The fourth-order valence-corrected chi connectivity index (χ4v) is 5.50. The number of aliphatic hydroxyl groups is 1. The number of nitrogens with one attached hydrogen (secondary N) is 1. The van der Waals surface area contributed by atoms with Crippen LogP contribution in [-0.2, 0) is 28.9 Å². The van der Waals surface area contributed by atoms with Crippen LogP contribution in [-0.4, -0.2) is 42.2 Å². The Morgan fingerprint density at radius 2 is 1.62 bits per heavy atom. The number of carbonyl (C=O) groups excluding carboxylic acids is 1. The van der Waals surface area contributed by atoms with Crippen molar-refractivity contribution < 1.29 is 19.4 Å². The fraction of sp³-hybridized carbons (Fsp3) is 0.278. The molecule has 1 heterocycles. The standard InChI is InChI=1S/C36H37N5O4/c37-41-39-26-30-16-7-8-17-32(30)33-36(25-28-13-5-2-6-14-28,35(43)38-22-9-15-27-11-3-1-4-12-27)40-34(45-33)29-18-20-31(21-19-29)44-24-10-23-42/h1-8,11-14,16-21,33,42H,9-10,15,22-26H2,(H,38,43)/t33-,36-/m1/s1. The Balaban J connectivity index is 1.52. The topological polar surface area (TPSA) is 129 Å². The highest BCUT2D eigenvalue weighted by Gasteiger charge is 2.53. The van der Waals surface area contributed by atoms with Crippen LogP contribution in [0, 0.1) is 0 Å². The van der Waals surface area contributed by atoms with Crippen LogP contribution >= 0.6 is 0 Å². The first-order valence-electron chi connectivity index (χ1n) is 15.2. The van der Waals surface area contributed by atoms with E-state index in [4.69, 9.17) is 25.1 Å². The van der Waals surface area contributed by atoms with Crippen molar-refractivity contribution in [3.63, 3.8) is 0 Å². The van der Waals surface area contributed by atoms with Gasteiger partial charge in [0.25, 0.3) is 5.91 Å². The summed E-state index contributed by atoms with van der Waals surface area (Å²) >= 11 is 0. The molecule has 9 nitrogen and oxygen atoms in total. The van der Waals surface area contributed by atoms with Gasteiger partial charge in [0.1, 0.15) is 5.75 Å². The van der Waals surface area contributed by atoms with E-state index in [0.29, 0.717) is 43.2 Å². The Labute approximate surface area is 263 Å². The molecule has 0 aliphatic carbocycles. The van der Waals surface area contributed by atoms with Gasteiger partial charge in [-0.3, -0.25) is 4.79 Å². The van der Waals surface area contributed by atoms with Crippen LogP contribution < -0.4 is 10.1 Å². The van der Waals surface area contributed by atoms with Gasteiger partial charge in [-0.05, 0) is 64.9 Å². The Morgan fingerprint density at radius 3 is 2.33 bits per heavy atom. The molecule has 0 spiro atoms. The number of carbonyl (C=O) groups is 1. The summed E-state index contributed by atoms with van der Waals surface area (Å²) in [6.45, 7) is 1.05. The highest BCUT2D eigenvalue weighted by molar-refractivity contribution is 6.01. The van der Waals surface area contributed by atoms with Gasteiger partial charge in [-0.25, -0.2) is 4.99 Å². The van der Waals surface area contributed by atoms with Gasteiger partial charge in [-0.15, -0.1) is 0 Å². The van der Waals surface area contributed by atoms with Gasteiger partial charge in [0, 0.05) is 36.5 Å². The third kappa shape index (κ3) is 7.89. The lowest BCUT2D eigenvalue weighted by Gasteiger charge is -2.32. The zero-order valence-electron chi connectivity index (χ0n) is 25.1. The quantitative estimate of drug-likeness (QED) is 0.0695. The SMILES string of the molecule is [N-]=[N+]=NCc1ccccc1[C@H]1OC(c2ccc(OCCCO)cc2)=N[C@@]1(Cc1ccccc1)C(=O)NCCCc1ccccc1. The van der Waals surface area contributed by atoms with E-state index in [-0.39, 0.29) is 19.1 Å². The zero-order chi connectivity index (χ0) is 31.3. The molecule has 0 saturated heterocycles. The number of aliphatic imine (C=N–C) groups is 1. The summed E-state index contributed by atoms with van der Waals surface area (Å²) in [4.78, 5) is 22.5. The van der Waals surface area contributed by atoms with Gasteiger partial charge in [-0.2, -0.15) is 0 Å². The molecule has 1 amide bonds. The van der Waals surface area contributed by atoms with Crippen LogP contribution in [0.1, 0.15) is 46.8 Å². The first-order valence-corrected chi connectivity index (χ1v) is 15.2. The zero-order valence-corrected chi connectivity index (χ0v) is 25.1. The van der Waals surface area contributed by atoms with Crippen LogP contribution in [0.5, 0.6) is 5.75 Å². The highest BCUT2D eigenvalue weighted by atomic mass is 16.5. The second kappa shape index (κ2) is 15.6. The van der Waals surface area contributed by atoms with E-state index in [9.17, 15) is 4.79 Å². The van der Waals surface area contributed by atoms with Crippen molar-refractivity contribution in [1.82, 2.24) is 5.32 Å². The maximum Gasteiger partial charge on any atom is 0.252 e. The van der Waals surface area contributed by atoms with Crippen molar-refractivity contribution in [1.29, 1.82) is 0 Å². The van der Waals surface area contributed by atoms with Crippen LogP contribution in [0.15, 0.2) is 119 Å². The molecule has 0 unspecified atom stereocenters. The van der Waals surface area contributed by atoms with Crippen molar-refractivity contribution in [3.05, 3.63) is 147 Å². The average Bonchev–Trinajstić information content (AvgIpc) is 3.47. The summed E-state index contributed by atoms with van der Waals surface area (Å²) in [6.07, 6.45) is 1.65.